The number of pyridine rings is 1. The van der Waals surface area contributed by atoms with Crippen LogP contribution in [-0.2, 0) is 22.6 Å². The van der Waals surface area contributed by atoms with Gasteiger partial charge in [0.1, 0.15) is 17.2 Å². The third kappa shape index (κ3) is 7.27. The van der Waals surface area contributed by atoms with Gasteiger partial charge in [0.15, 0.2) is 0 Å². The number of nitrogens with one attached hydrogen (secondary N) is 1. The number of rotatable bonds is 11. The molecule has 0 saturated carbocycles. The number of anilines is 2. The molecule has 2 aromatic carbocycles. The minimum Gasteiger partial charge on any atom is -0.508 e. The van der Waals surface area contributed by atoms with Gasteiger partial charge >= 0.3 is 24.0 Å². The van der Waals surface area contributed by atoms with E-state index < -0.39 is 29.4 Å². The predicted molar refractivity (Wildman–Crippen MR) is 146 cm³/mol. The Labute approximate surface area is 237 Å². The first-order valence-corrected chi connectivity index (χ1v) is 12.5. The molecule has 220 valence electrons. The van der Waals surface area contributed by atoms with E-state index in [2.05, 4.69) is 20.0 Å². The SMILES string of the molecule is COC(=O)C(C)(C)Cn1c(=O)nc(Nc2ccc(Oc3ccc(OC(F)F)cn3)cc2)n(Cc2ccc(O)cc2)c1=O. The highest BCUT2D eigenvalue weighted by atomic mass is 19.3. The molecule has 0 amide bonds. The Morgan fingerprint density at radius 1 is 1.00 bits per heavy atom. The molecule has 2 heterocycles. The number of ether oxygens (including phenoxy) is 3. The zero-order valence-electron chi connectivity index (χ0n) is 22.8. The predicted octanol–water partition coefficient (Wildman–Crippen LogP) is 3.89. The van der Waals surface area contributed by atoms with Crippen molar-refractivity contribution in [2.45, 2.75) is 33.5 Å². The van der Waals surface area contributed by atoms with Crippen LogP contribution in [-0.4, -0.2) is 43.9 Å². The molecule has 2 aromatic heterocycles. The topological polar surface area (TPSA) is 147 Å². The monoisotopic (exact) mass is 583 g/mol. The molecule has 12 nitrogen and oxygen atoms in total. The molecule has 0 fully saturated rings. The van der Waals surface area contributed by atoms with Crippen molar-refractivity contribution < 1.29 is 32.9 Å². The first-order chi connectivity index (χ1) is 19.9. The fourth-order valence-corrected chi connectivity index (χ4v) is 3.88. The maximum atomic E-state index is 13.6. The van der Waals surface area contributed by atoms with Crippen LogP contribution in [0.1, 0.15) is 19.4 Å². The summed E-state index contributed by atoms with van der Waals surface area (Å²) in [5, 5.41) is 12.6. The summed E-state index contributed by atoms with van der Waals surface area (Å²) in [7, 11) is 1.22. The normalized spacial score (nSPS) is 11.3. The minimum atomic E-state index is -2.97. The zero-order chi connectivity index (χ0) is 30.4. The second-order valence-corrected chi connectivity index (χ2v) is 9.68. The number of aromatic nitrogens is 4. The van der Waals surface area contributed by atoms with Crippen molar-refractivity contribution >= 4 is 17.6 Å². The fraction of sp³-hybridized carbons (Fsp3) is 0.250. The number of hydrogen-bond acceptors (Lipinski definition) is 10. The smallest absolute Gasteiger partial charge is 0.387 e. The molecule has 0 bridgehead atoms. The largest absolute Gasteiger partial charge is 0.508 e. The number of carbonyl (C=O) groups is 1. The first kappa shape index (κ1) is 29.7. The van der Waals surface area contributed by atoms with E-state index in [4.69, 9.17) is 9.47 Å². The lowest BCUT2D eigenvalue weighted by Crippen LogP contribution is -2.46. The van der Waals surface area contributed by atoms with Crippen molar-refractivity contribution in [3.8, 4) is 23.1 Å². The lowest BCUT2D eigenvalue weighted by molar-refractivity contribution is -0.151. The van der Waals surface area contributed by atoms with Gasteiger partial charge in [0.05, 0.1) is 25.3 Å². The van der Waals surface area contributed by atoms with Crippen LogP contribution >= 0.6 is 0 Å². The molecular weight excluding hydrogens is 556 g/mol. The Morgan fingerprint density at radius 2 is 1.67 bits per heavy atom. The third-order valence-electron chi connectivity index (χ3n) is 5.99. The lowest BCUT2D eigenvalue weighted by Gasteiger charge is -2.23. The summed E-state index contributed by atoms with van der Waals surface area (Å²) >= 11 is 0. The molecule has 42 heavy (non-hydrogen) atoms. The maximum Gasteiger partial charge on any atom is 0.387 e. The third-order valence-corrected chi connectivity index (χ3v) is 5.99. The summed E-state index contributed by atoms with van der Waals surface area (Å²) < 4.78 is 41.4. The van der Waals surface area contributed by atoms with Crippen molar-refractivity contribution in [1.82, 2.24) is 19.1 Å². The van der Waals surface area contributed by atoms with E-state index in [0.717, 1.165) is 10.8 Å². The average Bonchev–Trinajstić information content (AvgIpc) is 2.95. The van der Waals surface area contributed by atoms with Gasteiger partial charge in [0.25, 0.3) is 0 Å². The number of nitrogens with zero attached hydrogens (tertiary/aromatic N) is 4. The van der Waals surface area contributed by atoms with E-state index in [1.165, 1.54) is 35.9 Å². The van der Waals surface area contributed by atoms with Gasteiger partial charge in [0.2, 0.25) is 11.8 Å². The Morgan fingerprint density at radius 3 is 2.26 bits per heavy atom. The highest BCUT2D eigenvalue weighted by Crippen LogP contribution is 2.25. The molecule has 0 saturated heterocycles. The van der Waals surface area contributed by atoms with Gasteiger partial charge in [-0.2, -0.15) is 13.8 Å². The molecule has 0 aliphatic carbocycles. The number of alkyl halides is 2. The first-order valence-electron chi connectivity index (χ1n) is 12.5. The number of phenols is 1. The van der Waals surface area contributed by atoms with Gasteiger partial charge in [-0.15, -0.1) is 0 Å². The van der Waals surface area contributed by atoms with E-state index >= 15 is 0 Å². The number of esters is 1. The number of aromatic hydroxyl groups is 1. The van der Waals surface area contributed by atoms with Crippen LogP contribution in [0.5, 0.6) is 23.1 Å². The Balaban J connectivity index is 1.61. The molecule has 4 aromatic rings. The average molecular weight is 584 g/mol. The number of hydrogen-bond donors (Lipinski definition) is 2. The molecule has 2 N–H and O–H groups in total. The number of phenolic OH excluding ortho intramolecular Hbond substituents is 1. The summed E-state index contributed by atoms with van der Waals surface area (Å²) in [5.41, 5.74) is -1.68. The van der Waals surface area contributed by atoms with Gasteiger partial charge in [-0.05, 0) is 61.9 Å². The van der Waals surface area contributed by atoms with Crippen molar-refractivity contribution in [2.24, 2.45) is 5.41 Å². The minimum absolute atomic E-state index is 0.00842. The molecule has 0 radical (unpaired) electrons. The maximum absolute atomic E-state index is 13.6. The molecule has 0 unspecified atom stereocenters. The highest BCUT2D eigenvalue weighted by molar-refractivity contribution is 5.75. The molecule has 4 rings (SSSR count). The summed E-state index contributed by atoms with van der Waals surface area (Å²) in [4.78, 5) is 46.8. The van der Waals surface area contributed by atoms with E-state index in [-0.39, 0.29) is 36.4 Å². The number of methoxy groups -OCH3 is 1. The van der Waals surface area contributed by atoms with Crippen molar-refractivity contribution in [3.05, 3.63) is 93.4 Å². The van der Waals surface area contributed by atoms with E-state index in [1.54, 1.807) is 50.2 Å². The quantitative estimate of drug-likeness (QED) is 0.249. The van der Waals surface area contributed by atoms with Crippen LogP contribution in [0.4, 0.5) is 20.4 Å². The molecular formula is C28H27F2N5O7. The zero-order valence-corrected chi connectivity index (χ0v) is 22.8. The molecule has 0 spiro atoms. The second-order valence-electron chi connectivity index (χ2n) is 9.68. The Kier molecular flexibility index (Phi) is 8.84. The molecule has 0 aliphatic heterocycles. The van der Waals surface area contributed by atoms with Crippen LogP contribution in [0.25, 0.3) is 0 Å². The number of carbonyl (C=O) groups excluding carboxylic acids is 1. The van der Waals surface area contributed by atoms with Crippen LogP contribution in [0.2, 0.25) is 0 Å². The van der Waals surface area contributed by atoms with E-state index in [9.17, 15) is 28.3 Å². The molecule has 0 aliphatic rings. The van der Waals surface area contributed by atoms with Crippen molar-refractivity contribution in [2.75, 3.05) is 12.4 Å². The van der Waals surface area contributed by atoms with Crippen molar-refractivity contribution in [3.63, 3.8) is 0 Å². The highest BCUT2D eigenvalue weighted by Gasteiger charge is 2.31. The second kappa shape index (κ2) is 12.5. The van der Waals surface area contributed by atoms with Crippen LogP contribution < -0.4 is 26.2 Å². The number of halogens is 2. The lowest BCUT2D eigenvalue weighted by atomic mass is 9.94. The van der Waals surface area contributed by atoms with Gasteiger partial charge in [0, 0.05) is 18.3 Å². The van der Waals surface area contributed by atoms with Gasteiger partial charge < -0.3 is 24.6 Å². The Bertz CT molecular complexity index is 1650. The fourth-order valence-electron chi connectivity index (χ4n) is 3.88. The van der Waals surface area contributed by atoms with Crippen LogP contribution in [0.15, 0.2) is 76.4 Å². The summed E-state index contributed by atoms with van der Waals surface area (Å²) in [6.07, 6.45) is 1.10. The molecule has 0 atom stereocenters. The van der Waals surface area contributed by atoms with E-state index in [1.807, 2.05) is 0 Å². The van der Waals surface area contributed by atoms with Crippen LogP contribution in [0, 0.1) is 5.41 Å². The summed E-state index contributed by atoms with van der Waals surface area (Å²) in [6.45, 7) is -0.150. The number of benzene rings is 2. The van der Waals surface area contributed by atoms with Gasteiger partial charge in [-0.1, -0.05) is 12.1 Å². The van der Waals surface area contributed by atoms with Gasteiger partial charge in [-0.25, -0.2) is 19.1 Å². The summed E-state index contributed by atoms with van der Waals surface area (Å²) in [6, 6.07) is 15.2. The van der Waals surface area contributed by atoms with Crippen molar-refractivity contribution in [1.29, 1.82) is 0 Å². The van der Waals surface area contributed by atoms with Gasteiger partial charge in [-0.3, -0.25) is 9.36 Å². The van der Waals surface area contributed by atoms with Crippen LogP contribution in [0.3, 0.4) is 0 Å². The Hall–Kier alpha value is -5.27. The molecule has 14 heteroatoms. The van der Waals surface area contributed by atoms with E-state index in [0.29, 0.717) is 17.0 Å². The summed E-state index contributed by atoms with van der Waals surface area (Å²) in [5.74, 6) is -0.224. The standard InChI is InChI=1S/C28H27F2N5O7/c1-28(2,23(37)40-3)16-35-26(38)33-25(34(27(35)39)15-17-4-8-19(36)9-5-17)32-18-6-10-20(11-7-18)41-22-13-12-21(14-31-22)42-24(29)30/h4-14,24,36H,15-16H2,1-3H3,(H,32,33,38).